The Kier molecular flexibility index (Phi) is 4.75. The van der Waals surface area contributed by atoms with Crippen LogP contribution in [0, 0.1) is 5.82 Å². The average molecular weight is 344 g/mol. The van der Waals surface area contributed by atoms with Crippen molar-refractivity contribution in [1.29, 1.82) is 0 Å². The second kappa shape index (κ2) is 6.35. The van der Waals surface area contributed by atoms with Gasteiger partial charge < -0.3 is 10.0 Å². The number of nitrogens with zero attached hydrogens (tertiary/aromatic N) is 1. The summed E-state index contributed by atoms with van der Waals surface area (Å²) in [5.41, 5.74) is 0.298. The fraction of sp³-hybridized carbons (Fsp3) is 0.429. The summed E-state index contributed by atoms with van der Waals surface area (Å²) in [6, 6.07) is 3.17. The highest BCUT2D eigenvalue weighted by molar-refractivity contribution is 9.10. The summed E-state index contributed by atoms with van der Waals surface area (Å²) in [7, 11) is 0. The summed E-state index contributed by atoms with van der Waals surface area (Å²) in [5, 5.41) is 9.27. The Morgan fingerprint density at radius 1 is 1.30 bits per heavy atom. The number of hydrogen-bond acceptors (Lipinski definition) is 2. The molecule has 20 heavy (non-hydrogen) atoms. The van der Waals surface area contributed by atoms with Gasteiger partial charge in [-0.25, -0.2) is 9.18 Å². The Bertz CT molecular complexity index is 535. The first kappa shape index (κ1) is 15.0. The smallest absolute Gasteiger partial charge is 0.326 e. The summed E-state index contributed by atoms with van der Waals surface area (Å²) >= 11 is 3.04. The number of carbonyl (C=O) groups is 2. The number of halogens is 2. The standard InChI is InChI=1S/C14H15BrFNO3/c15-10-8-9(5-6-11(10)16)13(18)17-7-3-1-2-4-12(17)14(19)20/h5-6,8,12H,1-4,7H2,(H,19,20). The van der Waals surface area contributed by atoms with Gasteiger partial charge in [0.1, 0.15) is 11.9 Å². The molecule has 1 heterocycles. The maximum absolute atomic E-state index is 13.2. The highest BCUT2D eigenvalue weighted by Gasteiger charge is 2.31. The number of aliphatic carboxylic acids is 1. The monoisotopic (exact) mass is 343 g/mol. The molecule has 1 aliphatic heterocycles. The van der Waals surface area contributed by atoms with Gasteiger partial charge in [-0.3, -0.25) is 4.79 Å². The summed E-state index contributed by atoms with van der Waals surface area (Å²) in [6.07, 6.45) is 2.97. The molecule has 0 aliphatic carbocycles. The highest BCUT2D eigenvalue weighted by Crippen LogP contribution is 2.22. The van der Waals surface area contributed by atoms with Crippen LogP contribution in [0.1, 0.15) is 36.0 Å². The topological polar surface area (TPSA) is 57.6 Å². The maximum atomic E-state index is 13.2. The van der Waals surface area contributed by atoms with Gasteiger partial charge >= 0.3 is 5.97 Å². The van der Waals surface area contributed by atoms with Gasteiger partial charge in [-0.15, -0.1) is 0 Å². The lowest BCUT2D eigenvalue weighted by atomic mass is 10.1. The Labute approximate surface area is 124 Å². The molecule has 0 saturated carbocycles. The zero-order valence-corrected chi connectivity index (χ0v) is 12.4. The quantitative estimate of drug-likeness (QED) is 0.897. The number of carboxylic acid groups (broad SMARTS) is 1. The van der Waals surface area contributed by atoms with Gasteiger partial charge in [-0.1, -0.05) is 12.8 Å². The third-order valence-electron chi connectivity index (χ3n) is 3.47. The summed E-state index contributed by atoms with van der Waals surface area (Å²) in [5.74, 6) is -1.80. The van der Waals surface area contributed by atoms with Crippen LogP contribution in [0.5, 0.6) is 0 Å². The van der Waals surface area contributed by atoms with Crippen LogP contribution >= 0.6 is 15.9 Å². The van der Waals surface area contributed by atoms with E-state index in [0.717, 1.165) is 19.3 Å². The zero-order chi connectivity index (χ0) is 14.7. The van der Waals surface area contributed by atoms with E-state index in [2.05, 4.69) is 15.9 Å². The Morgan fingerprint density at radius 2 is 2.05 bits per heavy atom. The molecular formula is C14H15BrFNO3. The molecule has 4 nitrogen and oxygen atoms in total. The largest absolute Gasteiger partial charge is 0.480 e. The van der Waals surface area contributed by atoms with Crippen LogP contribution in [0.25, 0.3) is 0 Å². The van der Waals surface area contributed by atoms with Crippen molar-refractivity contribution in [2.45, 2.75) is 31.7 Å². The van der Waals surface area contributed by atoms with E-state index in [1.807, 2.05) is 0 Å². The first-order valence-electron chi connectivity index (χ1n) is 6.49. The molecule has 1 unspecified atom stereocenters. The fourth-order valence-corrected chi connectivity index (χ4v) is 2.78. The van der Waals surface area contributed by atoms with E-state index < -0.39 is 17.8 Å². The van der Waals surface area contributed by atoms with Gasteiger partial charge in [0.2, 0.25) is 0 Å². The van der Waals surface area contributed by atoms with Crippen molar-refractivity contribution in [2.75, 3.05) is 6.54 Å². The van der Waals surface area contributed by atoms with Crippen LogP contribution in [-0.2, 0) is 4.79 Å². The van der Waals surface area contributed by atoms with Crippen LogP contribution < -0.4 is 0 Å². The number of carboxylic acids is 1. The molecule has 0 bridgehead atoms. The summed E-state index contributed by atoms with van der Waals surface area (Å²) < 4.78 is 13.4. The average Bonchev–Trinajstić information content (AvgIpc) is 2.66. The number of benzene rings is 1. The molecule has 1 aromatic rings. The minimum Gasteiger partial charge on any atom is -0.480 e. The van der Waals surface area contributed by atoms with Crippen molar-refractivity contribution in [3.05, 3.63) is 34.1 Å². The van der Waals surface area contributed by atoms with Crippen molar-refractivity contribution < 1.29 is 19.1 Å². The van der Waals surface area contributed by atoms with Crippen LogP contribution in [-0.4, -0.2) is 34.5 Å². The molecule has 2 rings (SSSR count). The number of amides is 1. The molecule has 1 aromatic carbocycles. The number of carbonyl (C=O) groups excluding carboxylic acids is 1. The molecular weight excluding hydrogens is 329 g/mol. The normalized spacial score (nSPS) is 19.5. The second-order valence-electron chi connectivity index (χ2n) is 4.83. The van der Waals surface area contributed by atoms with Crippen molar-refractivity contribution in [3.8, 4) is 0 Å². The van der Waals surface area contributed by atoms with Crippen LogP contribution in [0.4, 0.5) is 4.39 Å². The molecule has 1 aliphatic rings. The van der Waals surface area contributed by atoms with Crippen molar-refractivity contribution in [1.82, 2.24) is 4.90 Å². The Morgan fingerprint density at radius 3 is 2.70 bits per heavy atom. The highest BCUT2D eigenvalue weighted by atomic mass is 79.9. The third kappa shape index (κ3) is 3.17. The van der Waals surface area contributed by atoms with Gasteiger partial charge in [0, 0.05) is 12.1 Å². The van der Waals surface area contributed by atoms with Gasteiger partial charge in [0.25, 0.3) is 5.91 Å². The van der Waals surface area contributed by atoms with Crippen LogP contribution in [0.15, 0.2) is 22.7 Å². The van der Waals surface area contributed by atoms with Crippen LogP contribution in [0.3, 0.4) is 0 Å². The maximum Gasteiger partial charge on any atom is 0.326 e. The Balaban J connectivity index is 2.28. The third-order valence-corrected chi connectivity index (χ3v) is 4.07. The molecule has 1 saturated heterocycles. The van der Waals surface area contributed by atoms with E-state index in [1.54, 1.807) is 0 Å². The summed E-state index contributed by atoms with van der Waals surface area (Å²) in [6.45, 7) is 0.421. The molecule has 0 spiro atoms. The molecule has 0 radical (unpaired) electrons. The number of hydrogen-bond donors (Lipinski definition) is 1. The van der Waals surface area contributed by atoms with E-state index in [4.69, 9.17) is 0 Å². The number of rotatable bonds is 2. The van der Waals surface area contributed by atoms with Crippen molar-refractivity contribution >= 4 is 27.8 Å². The summed E-state index contributed by atoms with van der Waals surface area (Å²) in [4.78, 5) is 25.1. The molecule has 1 N–H and O–H groups in total. The first-order chi connectivity index (χ1) is 9.50. The van der Waals surface area contributed by atoms with E-state index in [9.17, 15) is 19.1 Å². The van der Waals surface area contributed by atoms with Crippen molar-refractivity contribution in [2.24, 2.45) is 0 Å². The first-order valence-corrected chi connectivity index (χ1v) is 7.29. The van der Waals surface area contributed by atoms with E-state index >= 15 is 0 Å². The second-order valence-corrected chi connectivity index (χ2v) is 5.69. The van der Waals surface area contributed by atoms with Gasteiger partial charge in [0.15, 0.2) is 0 Å². The molecule has 1 atom stereocenters. The molecule has 1 amide bonds. The molecule has 0 aromatic heterocycles. The van der Waals surface area contributed by atoms with Gasteiger partial charge in [-0.05, 0) is 47.0 Å². The van der Waals surface area contributed by atoms with E-state index in [1.165, 1.54) is 23.1 Å². The predicted molar refractivity (Wildman–Crippen MR) is 75.0 cm³/mol. The van der Waals surface area contributed by atoms with Crippen molar-refractivity contribution in [3.63, 3.8) is 0 Å². The minimum atomic E-state index is -0.985. The Hall–Kier alpha value is -1.43. The van der Waals surface area contributed by atoms with E-state index in [0.29, 0.717) is 18.5 Å². The van der Waals surface area contributed by atoms with Crippen LogP contribution in [0.2, 0.25) is 0 Å². The molecule has 1 fully saturated rings. The van der Waals surface area contributed by atoms with E-state index in [-0.39, 0.29) is 10.4 Å². The SMILES string of the molecule is O=C(O)C1CCCCCN1C(=O)c1ccc(F)c(Br)c1. The predicted octanol–water partition coefficient (Wildman–Crippen LogP) is 3.06. The lowest BCUT2D eigenvalue weighted by molar-refractivity contribution is -0.142. The fourth-order valence-electron chi connectivity index (χ4n) is 2.40. The number of likely N-dealkylation sites (tertiary alicyclic amines) is 1. The molecule has 108 valence electrons. The van der Waals surface area contributed by atoms with Gasteiger partial charge in [-0.2, -0.15) is 0 Å². The molecule has 6 heteroatoms. The zero-order valence-electron chi connectivity index (χ0n) is 10.8. The van der Waals surface area contributed by atoms with Gasteiger partial charge in [0.05, 0.1) is 4.47 Å². The lowest BCUT2D eigenvalue weighted by Crippen LogP contribution is -2.44. The minimum absolute atomic E-state index is 0.199. The lowest BCUT2D eigenvalue weighted by Gasteiger charge is -2.27.